The molecule has 0 aliphatic heterocycles. The number of anilines is 1. The molecule has 1 aliphatic rings. The number of carbonyl (C=O) groups is 1. The molecule has 108 valence electrons. The summed E-state index contributed by atoms with van der Waals surface area (Å²) in [6.07, 6.45) is 3.60. The average molecular weight is 279 g/mol. The number of esters is 1. The maximum Gasteiger partial charge on any atom is 0.308 e. The van der Waals surface area contributed by atoms with Crippen molar-refractivity contribution in [3.63, 3.8) is 0 Å². The highest BCUT2D eigenvalue weighted by Gasteiger charge is 2.30. The number of aromatic nitrogens is 1. The number of rotatable bonds is 4. The van der Waals surface area contributed by atoms with Crippen LogP contribution in [0.15, 0.2) is 12.3 Å². The van der Waals surface area contributed by atoms with Gasteiger partial charge in [-0.05, 0) is 32.3 Å². The monoisotopic (exact) mass is 279 g/mol. The molecule has 1 heterocycles. The van der Waals surface area contributed by atoms with Crippen LogP contribution in [0, 0.1) is 23.0 Å². The van der Waals surface area contributed by atoms with Gasteiger partial charge in [-0.2, -0.15) is 0 Å². The molecule has 7 nitrogen and oxygen atoms in total. The lowest BCUT2D eigenvalue weighted by molar-refractivity contribution is -0.385. The van der Waals surface area contributed by atoms with Crippen LogP contribution in [0.5, 0.6) is 0 Å². The largest absolute Gasteiger partial charge is 0.469 e. The van der Waals surface area contributed by atoms with E-state index in [2.05, 4.69) is 10.3 Å². The van der Waals surface area contributed by atoms with E-state index in [-0.39, 0.29) is 23.6 Å². The molecule has 1 aliphatic carbocycles. The summed E-state index contributed by atoms with van der Waals surface area (Å²) in [5, 5.41) is 13.9. The molecule has 0 amide bonds. The second-order valence-electron chi connectivity index (χ2n) is 4.99. The second-order valence-corrected chi connectivity index (χ2v) is 4.99. The van der Waals surface area contributed by atoms with Crippen LogP contribution in [-0.2, 0) is 9.53 Å². The van der Waals surface area contributed by atoms with Crippen molar-refractivity contribution in [3.8, 4) is 0 Å². The normalized spacial score (nSPS) is 21.5. The Morgan fingerprint density at radius 3 is 2.90 bits per heavy atom. The van der Waals surface area contributed by atoms with E-state index in [0.717, 1.165) is 12.8 Å². The number of carbonyl (C=O) groups excluding carboxylic acids is 1. The van der Waals surface area contributed by atoms with Crippen LogP contribution < -0.4 is 5.32 Å². The fourth-order valence-electron chi connectivity index (χ4n) is 2.52. The first-order valence-electron chi connectivity index (χ1n) is 6.46. The number of nitrogens with zero attached hydrogens (tertiary/aromatic N) is 2. The molecule has 1 fully saturated rings. The average Bonchev–Trinajstić information content (AvgIpc) is 2.86. The van der Waals surface area contributed by atoms with E-state index in [4.69, 9.17) is 4.74 Å². The molecule has 0 unspecified atom stereocenters. The van der Waals surface area contributed by atoms with E-state index in [1.54, 1.807) is 13.0 Å². The number of pyridine rings is 1. The molecule has 1 N–H and O–H groups in total. The number of ether oxygens (including phenoxy) is 1. The first kappa shape index (κ1) is 14.2. The molecule has 1 saturated carbocycles. The molecule has 1 aromatic rings. The van der Waals surface area contributed by atoms with Gasteiger partial charge in [-0.3, -0.25) is 14.9 Å². The predicted octanol–water partition coefficient (Wildman–Crippen LogP) is 2.05. The summed E-state index contributed by atoms with van der Waals surface area (Å²) in [4.78, 5) is 25.8. The SMILES string of the molecule is COC(=O)[C@H]1CC[C@@H](Nc2cc(C)c([N+](=O)[O-])cn2)C1. The molecule has 1 aromatic heterocycles. The van der Waals surface area contributed by atoms with Crippen LogP contribution in [0.1, 0.15) is 24.8 Å². The van der Waals surface area contributed by atoms with Gasteiger partial charge in [0.1, 0.15) is 12.0 Å². The van der Waals surface area contributed by atoms with Crippen molar-refractivity contribution in [2.24, 2.45) is 5.92 Å². The molecular weight excluding hydrogens is 262 g/mol. The first-order valence-corrected chi connectivity index (χ1v) is 6.46. The quantitative estimate of drug-likeness (QED) is 0.515. The van der Waals surface area contributed by atoms with Gasteiger partial charge in [-0.15, -0.1) is 0 Å². The zero-order chi connectivity index (χ0) is 14.7. The highest BCUT2D eigenvalue weighted by molar-refractivity contribution is 5.72. The molecule has 20 heavy (non-hydrogen) atoms. The highest BCUT2D eigenvalue weighted by Crippen LogP contribution is 2.29. The van der Waals surface area contributed by atoms with Crippen molar-refractivity contribution in [2.75, 3.05) is 12.4 Å². The molecule has 0 radical (unpaired) electrons. The third-order valence-corrected chi connectivity index (χ3v) is 3.60. The molecule has 2 rings (SSSR count). The second kappa shape index (κ2) is 5.85. The van der Waals surface area contributed by atoms with E-state index < -0.39 is 4.92 Å². The summed E-state index contributed by atoms with van der Waals surface area (Å²) in [6, 6.07) is 1.80. The van der Waals surface area contributed by atoms with Crippen molar-refractivity contribution in [3.05, 3.63) is 27.9 Å². The number of aryl methyl sites for hydroxylation is 1. The Labute approximate surface area is 116 Å². The van der Waals surface area contributed by atoms with Gasteiger partial charge in [0.2, 0.25) is 0 Å². The molecule has 0 bridgehead atoms. The first-order chi connectivity index (χ1) is 9.51. The van der Waals surface area contributed by atoms with Crippen molar-refractivity contribution in [1.29, 1.82) is 0 Å². The van der Waals surface area contributed by atoms with Crippen molar-refractivity contribution >= 4 is 17.5 Å². The van der Waals surface area contributed by atoms with Gasteiger partial charge in [0.05, 0.1) is 18.0 Å². The summed E-state index contributed by atoms with van der Waals surface area (Å²) in [5.74, 6) is 0.349. The van der Waals surface area contributed by atoms with Crippen LogP contribution in [0.4, 0.5) is 11.5 Å². The molecular formula is C13H17N3O4. The van der Waals surface area contributed by atoms with Gasteiger partial charge in [0, 0.05) is 11.6 Å². The summed E-state index contributed by atoms with van der Waals surface area (Å²) < 4.78 is 4.74. The Morgan fingerprint density at radius 2 is 2.30 bits per heavy atom. The van der Waals surface area contributed by atoms with Crippen LogP contribution in [0.25, 0.3) is 0 Å². The van der Waals surface area contributed by atoms with E-state index in [0.29, 0.717) is 17.8 Å². The Hall–Kier alpha value is -2.18. The third kappa shape index (κ3) is 3.04. The number of nitro groups is 1. The number of hydrogen-bond donors (Lipinski definition) is 1. The molecule has 0 spiro atoms. The topological polar surface area (TPSA) is 94.4 Å². The number of nitrogens with one attached hydrogen (secondary N) is 1. The summed E-state index contributed by atoms with van der Waals surface area (Å²) in [7, 11) is 1.39. The minimum absolute atomic E-state index is 0.00871. The van der Waals surface area contributed by atoms with Crippen LogP contribution in [0.2, 0.25) is 0 Å². The van der Waals surface area contributed by atoms with E-state index in [9.17, 15) is 14.9 Å². The Morgan fingerprint density at radius 1 is 1.55 bits per heavy atom. The van der Waals surface area contributed by atoms with Gasteiger partial charge in [-0.1, -0.05) is 0 Å². The third-order valence-electron chi connectivity index (χ3n) is 3.60. The van der Waals surface area contributed by atoms with Crippen LogP contribution in [-0.4, -0.2) is 29.0 Å². The molecule has 7 heteroatoms. The zero-order valence-electron chi connectivity index (χ0n) is 11.5. The fourth-order valence-corrected chi connectivity index (χ4v) is 2.52. The summed E-state index contributed by atoms with van der Waals surface area (Å²) in [5.41, 5.74) is 0.574. The van der Waals surface area contributed by atoms with Crippen LogP contribution in [0.3, 0.4) is 0 Å². The predicted molar refractivity (Wildman–Crippen MR) is 72.4 cm³/mol. The van der Waals surface area contributed by atoms with Gasteiger partial charge in [0.25, 0.3) is 5.69 Å². The molecule has 2 atom stereocenters. The van der Waals surface area contributed by atoms with E-state index in [1.165, 1.54) is 13.3 Å². The van der Waals surface area contributed by atoms with Crippen molar-refractivity contribution in [2.45, 2.75) is 32.2 Å². The maximum absolute atomic E-state index is 11.4. The zero-order valence-corrected chi connectivity index (χ0v) is 11.5. The Balaban J connectivity index is 2.00. The lowest BCUT2D eigenvalue weighted by atomic mass is 10.1. The summed E-state index contributed by atoms with van der Waals surface area (Å²) in [6.45, 7) is 1.68. The van der Waals surface area contributed by atoms with Gasteiger partial charge in [0.15, 0.2) is 0 Å². The minimum Gasteiger partial charge on any atom is -0.469 e. The highest BCUT2D eigenvalue weighted by atomic mass is 16.6. The van der Waals surface area contributed by atoms with Gasteiger partial charge < -0.3 is 10.1 Å². The van der Waals surface area contributed by atoms with Gasteiger partial charge in [-0.25, -0.2) is 4.98 Å². The van der Waals surface area contributed by atoms with Crippen molar-refractivity contribution in [1.82, 2.24) is 4.98 Å². The minimum atomic E-state index is -0.449. The van der Waals surface area contributed by atoms with E-state index in [1.807, 2.05) is 0 Å². The Kier molecular flexibility index (Phi) is 4.16. The summed E-state index contributed by atoms with van der Waals surface area (Å²) >= 11 is 0. The number of methoxy groups -OCH3 is 1. The lowest BCUT2D eigenvalue weighted by Crippen LogP contribution is -2.19. The lowest BCUT2D eigenvalue weighted by Gasteiger charge is -2.13. The molecule has 0 aromatic carbocycles. The van der Waals surface area contributed by atoms with Gasteiger partial charge >= 0.3 is 5.97 Å². The van der Waals surface area contributed by atoms with E-state index >= 15 is 0 Å². The fraction of sp³-hybridized carbons (Fsp3) is 0.538. The van der Waals surface area contributed by atoms with Crippen LogP contribution >= 0.6 is 0 Å². The maximum atomic E-state index is 11.4. The smallest absolute Gasteiger partial charge is 0.308 e. The number of hydrogen-bond acceptors (Lipinski definition) is 6. The Bertz CT molecular complexity index is 532. The standard InChI is InChI=1S/C13H17N3O4/c1-8-5-12(14-7-11(8)16(18)19)15-10-4-3-9(6-10)13(17)20-2/h5,7,9-10H,3-4,6H2,1-2H3,(H,14,15)/t9-,10+/m0/s1. The van der Waals surface area contributed by atoms with Crippen molar-refractivity contribution < 1.29 is 14.5 Å². The molecule has 0 saturated heterocycles.